The smallest absolute Gasteiger partial charge is 0.243 e. The first kappa shape index (κ1) is 30.7. The van der Waals surface area contributed by atoms with Gasteiger partial charge in [0.1, 0.15) is 25.1 Å². The molecule has 1 aromatic heterocycles. The molecule has 2 aromatic carbocycles. The van der Waals surface area contributed by atoms with E-state index in [9.17, 15) is 26.3 Å². The van der Waals surface area contributed by atoms with Crippen LogP contribution in [-0.2, 0) is 24.8 Å². The molecule has 2 saturated heterocycles. The van der Waals surface area contributed by atoms with Crippen molar-refractivity contribution in [3.63, 3.8) is 0 Å². The van der Waals surface area contributed by atoms with E-state index < -0.39 is 38.4 Å². The van der Waals surface area contributed by atoms with Crippen molar-refractivity contribution in [3.8, 4) is 5.75 Å². The number of ether oxygens (including phenoxy) is 2. The zero-order valence-corrected chi connectivity index (χ0v) is 24.6. The van der Waals surface area contributed by atoms with Gasteiger partial charge in [-0.3, -0.25) is 4.98 Å². The van der Waals surface area contributed by atoms with Crippen LogP contribution in [0.5, 0.6) is 5.75 Å². The third kappa shape index (κ3) is 7.08. The Morgan fingerprint density at radius 2 is 1.90 bits per heavy atom. The van der Waals surface area contributed by atoms with Gasteiger partial charge in [0.15, 0.2) is 0 Å². The number of alkyl halides is 1. The second kappa shape index (κ2) is 12.9. The number of piperidine rings is 1. The summed E-state index contributed by atoms with van der Waals surface area (Å²) >= 11 is 0. The van der Waals surface area contributed by atoms with E-state index in [0.29, 0.717) is 39.0 Å². The van der Waals surface area contributed by atoms with Gasteiger partial charge in [-0.1, -0.05) is 12.1 Å². The molecule has 3 N–H and O–H groups in total. The van der Waals surface area contributed by atoms with Gasteiger partial charge in [0.2, 0.25) is 20.0 Å². The lowest BCUT2D eigenvalue weighted by atomic mass is 9.88. The van der Waals surface area contributed by atoms with E-state index in [4.69, 9.17) is 9.47 Å². The molecule has 0 amide bonds. The summed E-state index contributed by atoms with van der Waals surface area (Å²) in [5.74, 6) is 0.266. The highest BCUT2D eigenvalue weighted by Gasteiger charge is 2.44. The van der Waals surface area contributed by atoms with Gasteiger partial charge in [-0.25, -0.2) is 25.9 Å². The number of rotatable bonds is 12. The molecule has 14 heteroatoms. The topological polar surface area (TPSA) is 147 Å². The summed E-state index contributed by atoms with van der Waals surface area (Å²) in [5.41, 5.74) is 0.327. The Bertz CT molecular complexity index is 1600. The van der Waals surface area contributed by atoms with Crippen LogP contribution in [0.4, 0.5) is 4.39 Å². The normalized spacial score (nSPS) is 20.2. The van der Waals surface area contributed by atoms with Gasteiger partial charge in [0, 0.05) is 49.9 Å². The minimum absolute atomic E-state index is 0.00848. The van der Waals surface area contributed by atoms with E-state index in [1.807, 2.05) is 6.07 Å². The van der Waals surface area contributed by atoms with Crippen LogP contribution in [0, 0.1) is 0 Å². The van der Waals surface area contributed by atoms with Crippen LogP contribution in [0.25, 0.3) is 10.9 Å². The molecule has 2 aliphatic heterocycles. The lowest BCUT2D eigenvalue weighted by Gasteiger charge is -2.38. The molecule has 3 heterocycles. The Morgan fingerprint density at radius 1 is 1.10 bits per heavy atom. The molecule has 42 heavy (non-hydrogen) atoms. The quantitative estimate of drug-likeness (QED) is 0.275. The fourth-order valence-electron chi connectivity index (χ4n) is 5.36. The Hall–Kier alpha value is -2.72. The van der Waals surface area contributed by atoms with Crippen molar-refractivity contribution in [1.29, 1.82) is 0 Å². The zero-order valence-electron chi connectivity index (χ0n) is 23.0. The number of nitrogens with one attached hydrogen (secondary N) is 2. The number of sulfonamides is 2. The van der Waals surface area contributed by atoms with Crippen LogP contribution in [0.3, 0.4) is 0 Å². The summed E-state index contributed by atoms with van der Waals surface area (Å²) in [7, 11) is -7.49. The van der Waals surface area contributed by atoms with Gasteiger partial charge < -0.3 is 19.9 Å². The predicted octanol–water partition coefficient (Wildman–Crippen LogP) is 1.82. The Balaban J connectivity index is 1.08. The fraction of sp³-hybridized carbons (Fsp3) is 0.464. The van der Waals surface area contributed by atoms with E-state index in [-0.39, 0.29) is 41.3 Å². The fourth-order valence-corrected chi connectivity index (χ4v) is 7.88. The zero-order chi connectivity index (χ0) is 29.8. The number of aliphatic hydroxyl groups excluding tert-OH is 1. The first-order valence-electron chi connectivity index (χ1n) is 13.8. The Kier molecular flexibility index (Phi) is 9.42. The first-order valence-corrected chi connectivity index (χ1v) is 16.7. The van der Waals surface area contributed by atoms with Gasteiger partial charge in [-0.15, -0.1) is 0 Å². The summed E-state index contributed by atoms with van der Waals surface area (Å²) in [5, 5.41) is 14.5. The Morgan fingerprint density at radius 3 is 2.69 bits per heavy atom. The van der Waals surface area contributed by atoms with Crippen LogP contribution < -0.4 is 14.8 Å². The van der Waals surface area contributed by atoms with Crippen molar-refractivity contribution >= 4 is 30.9 Å². The van der Waals surface area contributed by atoms with E-state index >= 15 is 0 Å². The van der Waals surface area contributed by atoms with Gasteiger partial charge in [0.05, 0.1) is 27.5 Å². The van der Waals surface area contributed by atoms with Crippen molar-refractivity contribution in [1.82, 2.24) is 19.3 Å². The summed E-state index contributed by atoms with van der Waals surface area (Å²) < 4.78 is 78.8. The molecule has 2 fully saturated rings. The molecule has 0 radical (unpaired) electrons. The minimum atomic E-state index is -3.85. The third-order valence-electron chi connectivity index (χ3n) is 7.64. The first-order chi connectivity index (χ1) is 20.1. The summed E-state index contributed by atoms with van der Waals surface area (Å²) in [6.07, 6.45) is 2.65. The maximum absolute atomic E-state index is 13.3. The number of fused-ring (bicyclic) bond motifs is 1. The molecule has 0 bridgehead atoms. The molecular formula is C28H35FN4O7S2. The Labute approximate surface area is 245 Å². The highest BCUT2D eigenvalue weighted by atomic mass is 32.2. The van der Waals surface area contributed by atoms with Crippen molar-refractivity contribution < 1.29 is 35.8 Å². The highest BCUT2D eigenvalue weighted by molar-refractivity contribution is 7.89. The number of aromatic nitrogens is 1. The number of aliphatic hydroxyl groups is 1. The molecule has 3 aromatic rings. The van der Waals surface area contributed by atoms with Crippen LogP contribution in [0.1, 0.15) is 19.3 Å². The molecule has 1 spiro atoms. The largest absolute Gasteiger partial charge is 0.491 e. The van der Waals surface area contributed by atoms with Crippen molar-refractivity contribution in [2.45, 2.75) is 46.8 Å². The second-order valence-corrected chi connectivity index (χ2v) is 14.3. The molecule has 5 rings (SSSR count). The molecule has 2 aliphatic rings. The van der Waals surface area contributed by atoms with E-state index in [0.717, 1.165) is 10.9 Å². The molecule has 2 atom stereocenters. The van der Waals surface area contributed by atoms with Gasteiger partial charge >= 0.3 is 0 Å². The third-order valence-corrected chi connectivity index (χ3v) is 11.0. The van der Waals surface area contributed by atoms with Crippen LogP contribution in [0.2, 0.25) is 0 Å². The summed E-state index contributed by atoms with van der Waals surface area (Å²) in [6, 6.07) is 14.4. The second-order valence-electron chi connectivity index (χ2n) is 10.6. The number of pyridine rings is 1. The van der Waals surface area contributed by atoms with Crippen molar-refractivity contribution in [3.05, 3.63) is 60.8 Å². The molecule has 11 nitrogen and oxygen atoms in total. The average Bonchev–Trinajstić information content (AvgIpc) is 3.40. The highest BCUT2D eigenvalue weighted by Crippen LogP contribution is 2.37. The van der Waals surface area contributed by atoms with Crippen molar-refractivity contribution in [2.75, 3.05) is 46.1 Å². The van der Waals surface area contributed by atoms with Crippen LogP contribution in [0.15, 0.2) is 70.6 Å². The number of benzene rings is 2. The number of halogens is 1. The van der Waals surface area contributed by atoms with E-state index in [1.54, 1.807) is 36.5 Å². The molecule has 228 valence electrons. The SMILES string of the molecule is O=S(=O)(NCCF)c1cccc(OCC(O)CN[C@H]2COC3(CCN(S(=O)(=O)c4ccc5ncccc5c4)CC3)C2)c1. The van der Waals surface area contributed by atoms with Crippen LogP contribution in [-0.4, -0.2) is 95.0 Å². The van der Waals surface area contributed by atoms with Crippen LogP contribution >= 0.6 is 0 Å². The summed E-state index contributed by atoms with van der Waals surface area (Å²) in [6.45, 7) is 0.201. The standard InChI is InChI=1S/C28H35FN4O7S2/c29-10-12-32-41(35,36)25-5-1-4-24(16-25)39-20-23(34)18-31-22-17-28(40-19-22)8-13-33(14-9-28)42(37,38)26-6-7-27-21(15-26)3-2-11-30-27/h1-7,11,15-16,22-23,31-32,34H,8-10,12-14,17-20H2/t22-,23?/m1/s1. The number of hydrogen-bond donors (Lipinski definition) is 3. The average molecular weight is 623 g/mol. The van der Waals surface area contributed by atoms with Crippen molar-refractivity contribution in [2.24, 2.45) is 0 Å². The van der Waals surface area contributed by atoms with Gasteiger partial charge in [-0.2, -0.15) is 4.31 Å². The maximum Gasteiger partial charge on any atom is 0.243 e. The minimum Gasteiger partial charge on any atom is -0.491 e. The number of hydrogen-bond acceptors (Lipinski definition) is 9. The van der Waals surface area contributed by atoms with Gasteiger partial charge in [0.25, 0.3) is 0 Å². The van der Waals surface area contributed by atoms with E-state index in [1.165, 1.54) is 22.5 Å². The lowest BCUT2D eigenvalue weighted by Crippen LogP contribution is -2.47. The lowest BCUT2D eigenvalue weighted by molar-refractivity contribution is -0.0312. The number of nitrogens with zero attached hydrogens (tertiary/aromatic N) is 2. The monoisotopic (exact) mass is 622 g/mol. The predicted molar refractivity (Wildman–Crippen MR) is 154 cm³/mol. The molecule has 1 unspecified atom stereocenters. The van der Waals surface area contributed by atoms with E-state index in [2.05, 4.69) is 15.0 Å². The molecule has 0 aliphatic carbocycles. The molecular weight excluding hydrogens is 587 g/mol. The maximum atomic E-state index is 13.3. The summed E-state index contributed by atoms with van der Waals surface area (Å²) in [4.78, 5) is 4.46. The van der Waals surface area contributed by atoms with Gasteiger partial charge in [-0.05, 0) is 55.7 Å². The molecule has 0 saturated carbocycles.